The zero-order chi connectivity index (χ0) is 19.5. The van der Waals surface area contributed by atoms with Crippen LogP contribution in [0.15, 0.2) is 54.6 Å². The molecule has 0 saturated carbocycles. The smallest absolute Gasteiger partial charge is 0.418 e. The highest BCUT2D eigenvalue weighted by Gasteiger charge is 2.48. The minimum Gasteiger partial charge on any atom is -0.418 e. The number of halogens is 7. The second-order valence-electron chi connectivity index (χ2n) is 5.30. The van der Waals surface area contributed by atoms with E-state index in [9.17, 15) is 30.4 Å². The fourth-order valence-electron chi connectivity index (χ4n) is 2.61. The topological polar surface area (TPSA) is 0 Å². The quantitative estimate of drug-likeness (QED) is 0.239. The van der Waals surface area contributed by atoms with Crippen molar-refractivity contribution in [1.82, 2.24) is 0 Å². The molecular weight excluding hydrogens is 380 g/mol. The summed E-state index contributed by atoms with van der Waals surface area (Å²) in [6.45, 7) is 1.97. The Bertz CT molecular complexity index is 875. The second-order valence-corrected chi connectivity index (χ2v) is 7.26. The van der Waals surface area contributed by atoms with Crippen molar-refractivity contribution in [3.63, 3.8) is 0 Å². The third kappa shape index (κ3) is 5.00. The summed E-state index contributed by atoms with van der Waals surface area (Å²) in [5, 5.41) is 0.680. The predicted octanol–water partition coefficient (Wildman–Crippen LogP) is 7.59. The van der Waals surface area contributed by atoms with E-state index in [1.807, 2.05) is 19.1 Å². The van der Waals surface area contributed by atoms with Gasteiger partial charge in [-0.3, -0.25) is 0 Å². The molecule has 0 fully saturated rings. The lowest BCUT2D eigenvalue weighted by molar-refractivity contribution is -0.0864. The summed E-state index contributed by atoms with van der Waals surface area (Å²) in [6, 6.07) is 15.9. The van der Waals surface area contributed by atoms with Crippen molar-refractivity contribution in [3.8, 4) is 10.4 Å². The summed E-state index contributed by atoms with van der Waals surface area (Å²) in [4.78, 5) is 0.390. The zero-order valence-electron chi connectivity index (χ0n) is 13.5. The summed E-state index contributed by atoms with van der Waals surface area (Å²) in [7, 11) is -7.86. The van der Waals surface area contributed by atoms with Crippen LogP contribution in [0.1, 0.15) is 12.5 Å². The molecule has 0 aliphatic rings. The van der Waals surface area contributed by atoms with Gasteiger partial charge in [0.25, 0.3) is 0 Å². The highest BCUT2D eigenvalue weighted by molar-refractivity contribution is 7.41. The van der Waals surface area contributed by atoms with E-state index in [2.05, 4.69) is 0 Å². The Hall–Kier alpha value is -2.03. The second kappa shape index (κ2) is 7.69. The zero-order valence-corrected chi connectivity index (χ0v) is 14.4. The fourth-order valence-corrected chi connectivity index (χ4v) is 4.59. The molecule has 0 amide bonds. The van der Waals surface area contributed by atoms with Gasteiger partial charge >= 0.3 is 12.8 Å². The summed E-state index contributed by atoms with van der Waals surface area (Å²) in [6.07, 6.45) is 0.721. The fraction of sp³-hybridized carbons (Fsp3) is 0.176. The molecule has 0 nitrogen and oxygen atoms in total. The van der Waals surface area contributed by atoms with Crippen LogP contribution in [-0.2, 0) is 11.9 Å². The molecule has 3 aromatic rings. The van der Waals surface area contributed by atoms with Crippen LogP contribution in [-0.4, -0.2) is 7.25 Å². The van der Waals surface area contributed by atoms with E-state index in [4.69, 9.17) is 0 Å². The molecule has 140 valence electrons. The number of thiophene rings is 1. The summed E-state index contributed by atoms with van der Waals surface area (Å²) in [5.41, 5.74) is -2.57. The van der Waals surface area contributed by atoms with Crippen LogP contribution < -0.4 is 0 Å². The number of benzene rings is 2. The first kappa shape index (κ1) is 20.3. The van der Waals surface area contributed by atoms with Crippen molar-refractivity contribution >= 4 is 27.8 Å². The molecule has 0 radical (unpaired) electrons. The minimum atomic E-state index is -6.00. The van der Waals surface area contributed by atoms with E-state index < -0.39 is 23.2 Å². The monoisotopic (exact) mass is 394 g/mol. The average molecular weight is 394 g/mol. The van der Waals surface area contributed by atoms with Crippen LogP contribution in [0.25, 0.3) is 20.5 Å². The lowest BCUT2D eigenvalue weighted by Crippen LogP contribution is -2.02. The van der Waals surface area contributed by atoms with Crippen molar-refractivity contribution < 1.29 is 30.4 Å². The van der Waals surface area contributed by atoms with Crippen LogP contribution >= 0.6 is 10.5 Å². The van der Waals surface area contributed by atoms with Gasteiger partial charge in [0.15, 0.2) is 9.58 Å². The molecule has 1 unspecified atom stereocenters. The first-order valence-corrected chi connectivity index (χ1v) is 8.82. The molecule has 2 aromatic carbocycles. The Morgan fingerprint density at radius 3 is 2.00 bits per heavy atom. The van der Waals surface area contributed by atoms with E-state index in [1.54, 1.807) is 42.5 Å². The van der Waals surface area contributed by atoms with Gasteiger partial charge in [0.2, 0.25) is 0 Å². The third-order valence-corrected chi connectivity index (χ3v) is 5.59. The molecule has 26 heavy (non-hydrogen) atoms. The molecular formula is C17H14BF7S. The van der Waals surface area contributed by atoms with Crippen LogP contribution in [0.4, 0.5) is 30.4 Å². The third-order valence-electron chi connectivity index (χ3n) is 3.54. The first-order valence-electron chi connectivity index (χ1n) is 7.59. The predicted molar refractivity (Wildman–Crippen MR) is 92.7 cm³/mol. The molecule has 1 aromatic heterocycles. The molecule has 0 saturated heterocycles. The number of hydrogen-bond acceptors (Lipinski definition) is 0. The van der Waals surface area contributed by atoms with E-state index in [-0.39, 0.29) is 0 Å². The minimum absolute atomic E-state index is 0.380. The number of fused-ring (bicyclic) bond motifs is 1. The van der Waals surface area contributed by atoms with Crippen LogP contribution in [0.5, 0.6) is 0 Å². The molecule has 0 spiro atoms. The van der Waals surface area contributed by atoms with Crippen LogP contribution in [0.2, 0.25) is 0 Å². The van der Waals surface area contributed by atoms with Gasteiger partial charge < -0.3 is 17.3 Å². The SMILES string of the molecule is CCc1ccccc1-c1cc2ccccc2[s+]1C(F)(F)F.F[B-](F)(F)F. The Labute approximate surface area is 148 Å². The Morgan fingerprint density at radius 1 is 0.885 bits per heavy atom. The maximum Gasteiger partial charge on any atom is 0.673 e. The molecule has 9 heteroatoms. The van der Waals surface area contributed by atoms with Gasteiger partial charge in [-0.2, -0.15) is 0 Å². The van der Waals surface area contributed by atoms with Crippen molar-refractivity contribution in [2.24, 2.45) is 0 Å². The number of rotatable bonds is 2. The molecule has 1 heterocycles. The number of aryl methyl sites for hydroxylation is 1. The van der Waals surface area contributed by atoms with Crippen molar-refractivity contribution in [1.29, 1.82) is 0 Å². The Kier molecular flexibility index (Phi) is 6.00. The van der Waals surface area contributed by atoms with Crippen molar-refractivity contribution in [2.45, 2.75) is 18.9 Å². The van der Waals surface area contributed by atoms with Gasteiger partial charge in [-0.1, -0.05) is 37.3 Å². The summed E-state index contributed by atoms with van der Waals surface area (Å²) in [5.74, 6) is 0. The van der Waals surface area contributed by atoms with Crippen molar-refractivity contribution in [2.75, 3.05) is 0 Å². The summed E-state index contributed by atoms with van der Waals surface area (Å²) < 4.78 is 80.1. The van der Waals surface area contributed by atoms with E-state index in [1.165, 1.54) is 0 Å². The molecule has 3 rings (SSSR count). The van der Waals surface area contributed by atoms with Gasteiger partial charge in [-0.05, 0) is 30.2 Å². The lowest BCUT2D eigenvalue weighted by atomic mass is 10.0. The van der Waals surface area contributed by atoms with Gasteiger partial charge in [0, 0.05) is 17.0 Å². The van der Waals surface area contributed by atoms with Gasteiger partial charge in [-0.15, -0.1) is 13.2 Å². The highest BCUT2D eigenvalue weighted by atomic mass is 32.2. The molecule has 0 N–H and O–H groups in total. The molecule has 0 aliphatic carbocycles. The van der Waals surface area contributed by atoms with Gasteiger partial charge in [0.05, 0.1) is 0 Å². The van der Waals surface area contributed by atoms with Gasteiger partial charge in [0.1, 0.15) is 10.5 Å². The molecule has 0 aliphatic heterocycles. The van der Waals surface area contributed by atoms with Crippen LogP contribution in [0, 0.1) is 0 Å². The average Bonchev–Trinajstić information content (AvgIpc) is 2.92. The maximum absolute atomic E-state index is 13.6. The number of hydrogen-bond donors (Lipinski definition) is 0. The van der Waals surface area contributed by atoms with Gasteiger partial charge in [-0.25, -0.2) is 0 Å². The highest BCUT2D eigenvalue weighted by Crippen LogP contribution is 2.54. The van der Waals surface area contributed by atoms with E-state index in [0.717, 1.165) is 17.5 Å². The Morgan fingerprint density at radius 2 is 1.42 bits per heavy atom. The van der Waals surface area contributed by atoms with E-state index in [0.29, 0.717) is 15.0 Å². The number of alkyl halides is 3. The lowest BCUT2D eigenvalue weighted by Gasteiger charge is -2.05. The van der Waals surface area contributed by atoms with Crippen LogP contribution in [0.3, 0.4) is 0 Å². The maximum atomic E-state index is 13.6. The van der Waals surface area contributed by atoms with Crippen molar-refractivity contribution in [3.05, 3.63) is 60.2 Å². The normalized spacial score (nSPS) is 12.7. The standard InChI is InChI=1S/C17H14F3S.BF4/c1-2-12-7-3-5-9-14(12)16-11-13-8-4-6-10-15(13)21(16)17(18,19)20;2-1(3,4)5/h3-11H,2H2,1H3;/q+1;-1. The first-order chi connectivity index (χ1) is 12.0. The molecule has 0 bridgehead atoms. The largest absolute Gasteiger partial charge is 0.673 e. The van der Waals surface area contributed by atoms with E-state index >= 15 is 0 Å². The Balaban J connectivity index is 0.000000431. The molecule has 1 atom stereocenters. The summed E-state index contributed by atoms with van der Waals surface area (Å²) >= 11 is 0.